The van der Waals surface area contributed by atoms with Crippen molar-refractivity contribution in [1.82, 2.24) is 20.5 Å². The van der Waals surface area contributed by atoms with E-state index in [1.807, 2.05) is 31.2 Å². The molecule has 1 aliphatic rings. The van der Waals surface area contributed by atoms with Crippen LogP contribution in [0.15, 0.2) is 29.8 Å². The van der Waals surface area contributed by atoms with Gasteiger partial charge in [-0.3, -0.25) is 9.59 Å². The molecule has 1 aromatic heterocycles. The number of aliphatic hydroxyl groups excluding tert-OH is 1. The van der Waals surface area contributed by atoms with Crippen LogP contribution in [0, 0.1) is 12.8 Å². The van der Waals surface area contributed by atoms with Crippen molar-refractivity contribution in [2.75, 3.05) is 6.54 Å². The fraction of sp³-hybridized carbons (Fsp3) is 0.455. The molecule has 4 N–H and O–H groups in total. The molecule has 2 heterocycles. The molecule has 10 heteroatoms. The number of amides is 3. The largest absolute Gasteiger partial charge is 0.465 e. The summed E-state index contributed by atoms with van der Waals surface area (Å²) in [5, 5.41) is 24.2. The van der Waals surface area contributed by atoms with E-state index in [0.717, 1.165) is 21.7 Å². The molecule has 32 heavy (non-hydrogen) atoms. The molecule has 9 nitrogen and oxygen atoms in total. The third kappa shape index (κ3) is 5.43. The Morgan fingerprint density at radius 1 is 1.25 bits per heavy atom. The van der Waals surface area contributed by atoms with Crippen LogP contribution in [0.5, 0.6) is 0 Å². The van der Waals surface area contributed by atoms with Gasteiger partial charge in [-0.2, -0.15) is 0 Å². The zero-order valence-corrected chi connectivity index (χ0v) is 19.1. The van der Waals surface area contributed by atoms with Gasteiger partial charge in [0.25, 0.3) is 0 Å². The Labute approximate surface area is 190 Å². The molecule has 1 saturated heterocycles. The number of rotatable bonds is 7. The van der Waals surface area contributed by atoms with E-state index < -0.39 is 30.2 Å². The van der Waals surface area contributed by atoms with Crippen LogP contribution in [0.1, 0.15) is 31.5 Å². The smallest absolute Gasteiger partial charge is 0.405 e. The summed E-state index contributed by atoms with van der Waals surface area (Å²) in [6.45, 7) is 5.66. The van der Waals surface area contributed by atoms with Gasteiger partial charge in [0.1, 0.15) is 12.1 Å². The number of thiazole rings is 1. The molecule has 0 radical (unpaired) electrons. The Hall–Kier alpha value is -2.98. The zero-order chi connectivity index (χ0) is 23.4. The molecule has 0 saturated carbocycles. The van der Waals surface area contributed by atoms with Crippen LogP contribution in [0.3, 0.4) is 0 Å². The van der Waals surface area contributed by atoms with Gasteiger partial charge in [-0.25, -0.2) is 9.78 Å². The van der Waals surface area contributed by atoms with Crippen LogP contribution in [0.25, 0.3) is 10.4 Å². The van der Waals surface area contributed by atoms with Crippen LogP contribution >= 0.6 is 11.3 Å². The predicted molar refractivity (Wildman–Crippen MR) is 120 cm³/mol. The van der Waals surface area contributed by atoms with Crippen molar-refractivity contribution < 1.29 is 24.6 Å². The first-order valence-corrected chi connectivity index (χ1v) is 11.3. The normalized spacial score (nSPS) is 19.1. The first-order valence-electron chi connectivity index (χ1n) is 10.4. The number of hydrogen-bond acceptors (Lipinski definition) is 6. The minimum absolute atomic E-state index is 0.00959. The molecule has 0 spiro atoms. The second kappa shape index (κ2) is 10.1. The Balaban J connectivity index is 1.64. The Kier molecular flexibility index (Phi) is 7.47. The summed E-state index contributed by atoms with van der Waals surface area (Å²) in [7, 11) is 0. The quantitative estimate of drug-likeness (QED) is 0.500. The number of hydrogen-bond donors (Lipinski definition) is 4. The van der Waals surface area contributed by atoms with Crippen molar-refractivity contribution in [3.63, 3.8) is 0 Å². The van der Waals surface area contributed by atoms with Crippen molar-refractivity contribution in [3.05, 3.63) is 41.0 Å². The van der Waals surface area contributed by atoms with Gasteiger partial charge in [0.05, 0.1) is 22.2 Å². The van der Waals surface area contributed by atoms with E-state index in [0.29, 0.717) is 0 Å². The van der Waals surface area contributed by atoms with Crippen molar-refractivity contribution in [1.29, 1.82) is 0 Å². The maximum absolute atomic E-state index is 12.9. The monoisotopic (exact) mass is 460 g/mol. The number of benzene rings is 1. The van der Waals surface area contributed by atoms with Gasteiger partial charge in [0, 0.05) is 19.5 Å². The summed E-state index contributed by atoms with van der Waals surface area (Å²) in [5.41, 5.74) is 4.73. The maximum atomic E-state index is 12.9. The number of aliphatic hydroxyl groups is 1. The molecule has 3 rings (SSSR count). The van der Waals surface area contributed by atoms with Crippen molar-refractivity contribution in [3.8, 4) is 10.4 Å². The van der Waals surface area contributed by atoms with E-state index in [9.17, 15) is 19.5 Å². The Bertz CT molecular complexity index is 975. The minimum Gasteiger partial charge on any atom is -0.465 e. The van der Waals surface area contributed by atoms with Gasteiger partial charge in [-0.1, -0.05) is 38.1 Å². The van der Waals surface area contributed by atoms with Crippen LogP contribution in [-0.2, 0) is 16.1 Å². The summed E-state index contributed by atoms with van der Waals surface area (Å²) in [6.07, 6.45) is -2.04. The lowest BCUT2D eigenvalue weighted by atomic mass is 10.0. The molecule has 2 aromatic rings. The average molecular weight is 461 g/mol. The van der Waals surface area contributed by atoms with Gasteiger partial charge in [-0.15, -0.1) is 11.3 Å². The van der Waals surface area contributed by atoms with Crippen molar-refractivity contribution >= 4 is 29.2 Å². The molecule has 172 valence electrons. The molecule has 0 unspecified atom stereocenters. The molecule has 1 fully saturated rings. The Morgan fingerprint density at radius 3 is 2.50 bits per heavy atom. The predicted octanol–water partition coefficient (Wildman–Crippen LogP) is 1.99. The topological polar surface area (TPSA) is 132 Å². The van der Waals surface area contributed by atoms with Crippen molar-refractivity contribution in [2.24, 2.45) is 5.92 Å². The SMILES string of the molecule is Cc1ncsc1-c1ccc(CNC(=O)[C@H]2C[C@@H](O)CN2C(=O)[C@@H](NC(=O)O)C(C)C)cc1. The van der Waals surface area contributed by atoms with E-state index in [2.05, 4.69) is 15.6 Å². The molecule has 1 aliphatic heterocycles. The summed E-state index contributed by atoms with van der Waals surface area (Å²) in [5.74, 6) is -1.20. The highest BCUT2D eigenvalue weighted by Crippen LogP contribution is 2.27. The third-order valence-corrected chi connectivity index (χ3v) is 6.48. The number of aryl methyl sites for hydroxylation is 1. The summed E-state index contributed by atoms with van der Waals surface area (Å²) in [6, 6.07) is 5.95. The Morgan fingerprint density at radius 2 is 1.94 bits per heavy atom. The fourth-order valence-electron chi connectivity index (χ4n) is 3.79. The molecule has 0 aliphatic carbocycles. The molecule has 3 amide bonds. The van der Waals surface area contributed by atoms with Crippen LogP contribution in [0.4, 0.5) is 4.79 Å². The fourth-order valence-corrected chi connectivity index (χ4v) is 4.60. The lowest BCUT2D eigenvalue weighted by Crippen LogP contribution is -2.55. The highest BCUT2D eigenvalue weighted by molar-refractivity contribution is 7.13. The average Bonchev–Trinajstić information content (AvgIpc) is 3.35. The van der Waals surface area contributed by atoms with Gasteiger partial charge >= 0.3 is 6.09 Å². The summed E-state index contributed by atoms with van der Waals surface area (Å²) in [4.78, 5) is 43.5. The maximum Gasteiger partial charge on any atom is 0.405 e. The highest BCUT2D eigenvalue weighted by atomic mass is 32.1. The minimum atomic E-state index is -1.31. The van der Waals surface area contributed by atoms with E-state index in [1.54, 1.807) is 30.7 Å². The number of carbonyl (C=O) groups is 3. The second-order valence-corrected chi connectivity index (χ2v) is 9.10. The van der Waals surface area contributed by atoms with Gasteiger partial charge < -0.3 is 25.7 Å². The number of nitrogens with one attached hydrogen (secondary N) is 2. The lowest BCUT2D eigenvalue weighted by Gasteiger charge is -2.29. The first kappa shape index (κ1) is 23.7. The van der Waals surface area contributed by atoms with Crippen LogP contribution < -0.4 is 10.6 Å². The third-order valence-electron chi connectivity index (χ3n) is 5.50. The molecular formula is C22H28N4O5S. The van der Waals surface area contributed by atoms with E-state index in [4.69, 9.17) is 5.11 Å². The van der Waals surface area contributed by atoms with E-state index >= 15 is 0 Å². The first-order chi connectivity index (χ1) is 15.2. The molecule has 0 bridgehead atoms. The van der Waals surface area contributed by atoms with Crippen LogP contribution in [-0.4, -0.2) is 62.7 Å². The van der Waals surface area contributed by atoms with Gasteiger partial charge in [-0.05, 0) is 24.0 Å². The van der Waals surface area contributed by atoms with Crippen LogP contribution in [0.2, 0.25) is 0 Å². The number of aromatic nitrogens is 1. The molecule has 3 atom stereocenters. The number of carboxylic acid groups (broad SMARTS) is 1. The molecular weight excluding hydrogens is 432 g/mol. The van der Waals surface area contributed by atoms with E-state index in [-0.39, 0.29) is 31.3 Å². The summed E-state index contributed by atoms with van der Waals surface area (Å²) >= 11 is 1.57. The number of likely N-dealkylation sites (tertiary alicyclic amines) is 1. The molecule has 1 aromatic carbocycles. The number of β-amino-alcohol motifs (C(OH)–C–C–N with tert-alkyl or cyclic N) is 1. The van der Waals surface area contributed by atoms with Gasteiger partial charge in [0.2, 0.25) is 11.8 Å². The zero-order valence-electron chi connectivity index (χ0n) is 18.2. The number of nitrogens with zero attached hydrogens (tertiary/aromatic N) is 2. The van der Waals surface area contributed by atoms with E-state index in [1.165, 1.54) is 4.90 Å². The van der Waals surface area contributed by atoms with Crippen molar-refractivity contribution in [2.45, 2.75) is 51.9 Å². The standard InChI is InChI=1S/C22H28N4O5S/c1-12(2)18(25-22(30)31)21(29)26-10-16(27)8-17(26)20(28)23-9-14-4-6-15(7-5-14)19-13(3)24-11-32-19/h4-7,11-12,16-18,25,27H,8-10H2,1-3H3,(H,23,28)(H,30,31)/t16-,17-,18+/m1/s1. The number of carbonyl (C=O) groups excluding carboxylic acids is 2. The summed E-state index contributed by atoms with van der Waals surface area (Å²) < 4.78 is 0. The second-order valence-electron chi connectivity index (χ2n) is 8.25. The van der Waals surface area contributed by atoms with Gasteiger partial charge in [0.15, 0.2) is 0 Å². The lowest BCUT2D eigenvalue weighted by molar-refractivity contribution is -0.140. The highest BCUT2D eigenvalue weighted by Gasteiger charge is 2.42.